The highest BCUT2D eigenvalue weighted by Gasteiger charge is 2.43. The highest BCUT2D eigenvalue weighted by molar-refractivity contribution is 5.81. The van der Waals surface area contributed by atoms with Gasteiger partial charge in [0.2, 0.25) is 5.95 Å². The largest absolute Gasteiger partial charge is 0.396 e. The molecule has 0 spiro atoms. The van der Waals surface area contributed by atoms with Gasteiger partial charge in [-0.15, -0.1) is 5.10 Å². The lowest BCUT2D eigenvalue weighted by Gasteiger charge is -2.16. The van der Waals surface area contributed by atoms with Gasteiger partial charge in [-0.3, -0.25) is 0 Å². The lowest BCUT2D eigenvalue weighted by atomic mass is 10.1. The van der Waals surface area contributed by atoms with Gasteiger partial charge in [0.25, 0.3) is 0 Å². The molecule has 7 N–H and O–H groups in total. The molecule has 0 radical (unpaired) electrons. The fourth-order valence-electron chi connectivity index (χ4n) is 2.61. The van der Waals surface area contributed by atoms with Crippen LogP contribution < -0.4 is 11.5 Å². The average Bonchev–Trinajstić information content (AvgIpc) is 2.93. The molecule has 1 aliphatic carbocycles. The van der Waals surface area contributed by atoms with E-state index in [9.17, 15) is 15.3 Å². The monoisotopic (exact) mass is 281 g/mol. The summed E-state index contributed by atoms with van der Waals surface area (Å²) in [6.07, 6.45) is -1.75. The Hall–Kier alpha value is -2.04. The standard InChI is InChI=1S/C10H15N7O3/c11-8-5-9(14-10(12)13-8)17(16-15-5)4-1-3(2-18)6(19)7(4)20/h3-4,6-7,18-20H,1-2H2,(H4,11,12,13,14)/t3-,4-,6-,7+/m1/s1. The van der Waals surface area contributed by atoms with Crippen molar-refractivity contribution < 1.29 is 15.3 Å². The number of nitrogens with two attached hydrogens (primary N) is 2. The van der Waals surface area contributed by atoms with Crippen LogP contribution >= 0.6 is 0 Å². The molecular formula is C10H15N7O3. The summed E-state index contributed by atoms with van der Waals surface area (Å²) in [5.41, 5.74) is 11.8. The SMILES string of the molecule is Nc1nc(N)c2nnn([C@@H]3C[C@H](CO)[C@@H](O)[C@H]3O)c2n1. The van der Waals surface area contributed by atoms with Crippen LogP contribution in [0.25, 0.3) is 11.2 Å². The Morgan fingerprint density at radius 3 is 2.60 bits per heavy atom. The van der Waals surface area contributed by atoms with Crippen LogP contribution in [0.3, 0.4) is 0 Å². The van der Waals surface area contributed by atoms with E-state index in [4.69, 9.17) is 11.5 Å². The van der Waals surface area contributed by atoms with Crippen LogP contribution in [-0.2, 0) is 0 Å². The predicted octanol–water partition coefficient (Wildman–Crippen LogP) is -2.34. The Balaban J connectivity index is 2.07. The number of aliphatic hydroxyl groups is 3. The second-order valence-electron chi connectivity index (χ2n) is 4.90. The molecule has 0 bridgehead atoms. The minimum absolute atomic E-state index is 0.0229. The third-order valence-corrected chi connectivity index (χ3v) is 3.69. The molecule has 20 heavy (non-hydrogen) atoms. The molecule has 0 unspecified atom stereocenters. The molecular weight excluding hydrogens is 266 g/mol. The number of fused-ring (bicyclic) bond motifs is 1. The third kappa shape index (κ3) is 1.77. The number of aliphatic hydroxyl groups excluding tert-OH is 3. The van der Waals surface area contributed by atoms with Crippen molar-refractivity contribution in [3.8, 4) is 0 Å². The lowest BCUT2D eigenvalue weighted by molar-refractivity contribution is -0.00511. The van der Waals surface area contributed by atoms with E-state index in [2.05, 4.69) is 20.3 Å². The molecule has 1 saturated carbocycles. The number of hydrogen-bond donors (Lipinski definition) is 5. The van der Waals surface area contributed by atoms with Crippen molar-refractivity contribution >= 4 is 22.9 Å². The minimum Gasteiger partial charge on any atom is -0.396 e. The van der Waals surface area contributed by atoms with Gasteiger partial charge < -0.3 is 26.8 Å². The van der Waals surface area contributed by atoms with Crippen LogP contribution in [0, 0.1) is 5.92 Å². The number of anilines is 2. The summed E-state index contributed by atoms with van der Waals surface area (Å²) < 4.78 is 1.37. The molecule has 108 valence electrons. The third-order valence-electron chi connectivity index (χ3n) is 3.69. The van der Waals surface area contributed by atoms with Gasteiger partial charge in [-0.1, -0.05) is 5.21 Å². The molecule has 2 aromatic rings. The molecule has 1 fully saturated rings. The van der Waals surface area contributed by atoms with Crippen LogP contribution in [0.1, 0.15) is 12.5 Å². The van der Waals surface area contributed by atoms with Crippen LogP contribution in [0.4, 0.5) is 11.8 Å². The molecule has 3 rings (SSSR count). The van der Waals surface area contributed by atoms with Crippen LogP contribution in [0.2, 0.25) is 0 Å². The Labute approximate surface area is 113 Å². The van der Waals surface area contributed by atoms with E-state index in [0.29, 0.717) is 12.1 Å². The maximum absolute atomic E-state index is 10.1. The first-order valence-electron chi connectivity index (χ1n) is 6.13. The smallest absolute Gasteiger partial charge is 0.224 e. The van der Waals surface area contributed by atoms with Crippen molar-refractivity contribution in [3.05, 3.63) is 0 Å². The first kappa shape index (κ1) is 13.0. The summed E-state index contributed by atoms with van der Waals surface area (Å²) >= 11 is 0. The second kappa shape index (κ2) is 4.51. The summed E-state index contributed by atoms with van der Waals surface area (Å²) in [5.74, 6) is -0.346. The van der Waals surface area contributed by atoms with Crippen molar-refractivity contribution in [2.45, 2.75) is 24.7 Å². The first-order chi connectivity index (χ1) is 9.52. The first-order valence-corrected chi connectivity index (χ1v) is 6.13. The number of hydrogen-bond acceptors (Lipinski definition) is 9. The minimum atomic E-state index is -1.07. The molecule has 10 heteroatoms. The number of rotatable bonds is 2. The van der Waals surface area contributed by atoms with Crippen LogP contribution in [-0.4, -0.2) is 59.1 Å². The van der Waals surface area contributed by atoms with Gasteiger partial charge in [-0.2, -0.15) is 9.97 Å². The molecule has 2 aromatic heterocycles. The number of nitrogens with zero attached hydrogens (tertiary/aromatic N) is 5. The fraction of sp³-hybridized carbons (Fsp3) is 0.600. The van der Waals surface area contributed by atoms with Crippen molar-refractivity contribution in [1.82, 2.24) is 25.0 Å². The van der Waals surface area contributed by atoms with E-state index in [-0.39, 0.29) is 23.9 Å². The topological polar surface area (TPSA) is 169 Å². The van der Waals surface area contributed by atoms with Crippen LogP contribution in [0.15, 0.2) is 0 Å². The Morgan fingerprint density at radius 1 is 1.20 bits per heavy atom. The Kier molecular flexibility index (Phi) is 2.92. The average molecular weight is 281 g/mol. The van der Waals surface area contributed by atoms with Gasteiger partial charge >= 0.3 is 0 Å². The number of nitrogen functional groups attached to an aromatic ring is 2. The second-order valence-corrected chi connectivity index (χ2v) is 4.90. The van der Waals surface area contributed by atoms with Crippen LogP contribution in [0.5, 0.6) is 0 Å². The molecule has 10 nitrogen and oxygen atoms in total. The van der Waals surface area contributed by atoms with Gasteiger partial charge in [0.1, 0.15) is 6.10 Å². The molecule has 0 aliphatic heterocycles. The van der Waals surface area contributed by atoms with Gasteiger partial charge in [-0.25, -0.2) is 4.68 Å². The van der Waals surface area contributed by atoms with Gasteiger partial charge in [-0.05, 0) is 6.42 Å². The Bertz CT molecular complexity index is 645. The summed E-state index contributed by atoms with van der Waals surface area (Å²) in [6.45, 7) is -0.222. The zero-order valence-corrected chi connectivity index (χ0v) is 10.5. The molecule has 0 aromatic carbocycles. The summed E-state index contributed by atoms with van der Waals surface area (Å²) in [5, 5.41) is 36.9. The molecule has 0 saturated heterocycles. The zero-order chi connectivity index (χ0) is 14.4. The lowest BCUT2D eigenvalue weighted by Crippen LogP contribution is -2.30. The summed E-state index contributed by atoms with van der Waals surface area (Å²) in [6, 6.07) is -0.555. The highest BCUT2D eigenvalue weighted by Crippen LogP contribution is 2.36. The normalized spacial score (nSPS) is 30.1. The maximum Gasteiger partial charge on any atom is 0.224 e. The van der Waals surface area contributed by atoms with E-state index in [1.54, 1.807) is 0 Å². The zero-order valence-electron chi connectivity index (χ0n) is 10.5. The van der Waals surface area contributed by atoms with E-state index in [1.807, 2.05) is 0 Å². The van der Waals surface area contributed by atoms with E-state index < -0.39 is 24.2 Å². The summed E-state index contributed by atoms with van der Waals surface area (Å²) in [4.78, 5) is 7.80. The van der Waals surface area contributed by atoms with E-state index in [0.717, 1.165) is 0 Å². The molecule has 0 amide bonds. The number of aromatic nitrogens is 5. The van der Waals surface area contributed by atoms with Crippen molar-refractivity contribution in [2.75, 3.05) is 18.1 Å². The van der Waals surface area contributed by atoms with E-state index >= 15 is 0 Å². The highest BCUT2D eigenvalue weighted by atomic mass is 16.3. The van der Waals surface area contributed by atoms with Crippen molar-refractivity contribution in [3.63, 3.8) is 0 Å². The summed E-state index contributed by atoms with van der Waals surface area (Å²) in [7, 11) is 0. The molecule has 4 atom stereocenters. The van der Waals surface area contributed by atoms with Gasteiger partial charge in [0.15, 0.2) is 17.0 Å². The van der Waals surface area contributed by atoms with Gasteiger partial charge in [0.05, 0.1) is 12.1 Å². The van der Waals surface area contributed by atoms with E-state index in [1.165, 1.54) is 4.68 Å². The maximum atomic E-state index is 10.1. The molecule has 1 aliphatic rings. The fourth-order valence-corrected chi connectivity index (χ4v) is 2.61. The van der Waals surface area contributed by atoms with Crippen molar-refractivity contribution in [2.24, 2.45) is 5.92 Å². The van der Waals surface area contributed by atoms with Crippen molar-refractivity contribution in [1.29, 1.82) is 0 Å². The predicted molar refractivity (Wildman–Crippen MR) is 68.2 cm³/mol. The quantitative estimate of drug-likeness (QED) is 0.404. The molecule has 2 heterocycles. The van der Waals surface area contributed by atoms with Gasteiger partial charge in [0, 0.05) is 12.5 Å². The Morgan fingerprint density at radius 2 is 1.95 bits per heavy atom.